The molecule has 0 saturated heterocycles. The van der Waals surface area contributed by atoms with Crippen molar-refractivity contribution in [1.82, 2.24) is 0 Å². The molecule has 0 bridgehead atoms. The van der Waals surface area contributed by atoms with E-state index < -0.39 is 16.0 Å². The molecule has 5 nitrogen and oxygen atoms in total. The lowest BCUT2D eigenvalue weighted by molar-refractivity contribution is 0.1000. The van der Waals surface area contributed by atoms with E-state index in [0.29, 0.717) is 5.75 Å². The van der Waals surface area contributed by atoms with Gasteiger partial charge in [0.1, 0.15) is 10.6 Å². The number of benzene rings is 2. The number of amides is 1. The molecule has 0 fully saturated rings. The Labute approximate surface area is 128 Å². The van der Waals surface area contributed by atoms with Gasteiger partial charge < -0.3 is 9.92 Å². The summed E-state index contributed by atoms with van der Waals surface area (Å²) in [6, 6.07) is 10.7. The zero-order chi connectivity index (χ0) is 15.7. The molecule has 2 aromatic rings. The maximum absolute atomic E-state index is 12.2. The molecule has 6 heteroatoms. The third-order valence-corrected chi connectivity index (χ3v) is 4.96. The summed E-state index contributed by atoms with van der Waals surface area (Å²) < 4.78 is 29.7. The van der Waals surface area contributed by atoms with Gasteiger partial charge in [-0.15, -0.1) is 0 Å². The van der Waals surface area contributed by atoms with E-state index in [2.05, 4.69) is 0 Å². The van der Waals surface area contributed by atoms with Crippen LogP contribution in [0.15, 0.2) is 47.4 Å². The molecule has 0 saturated carbocycles. The quantitative estimate of drug-likeness (QED) is 0.874. The Morgan fingerprint density at radius 3 is 2.36 bits per heavy atom. The Morgan fingerprint density at radius 2 is 1.68 bits per heavy atom. The van der Waals surface area contributed by atoms with E-state index in [1.807, 2.05) is 6.07 Å². The normalized spacial score (nSPS) is 13.6. The van der Waals surface area contributed by atoms with Gasteiger partial charge in [0.15, 0.2) is 0 Å². The molecule has 2 aromatic carbocycles. The first-order chi connectivity index (χ1) is 10.5. The lowest BCUT2D eigenvalue weighted by Gasteiger charge is -2.09. The Bertz CT molecular complexity index is 826. The largest absolute Gasteiger partial charge is 0.379 e. The number of hydrogen-bond acceptors (Lipinski definition) is 4. The molecule has 22 heavy (non-hydrogen) atoms. The topological polar surface area (TPSA) is 86.5 Å². The fraction of sp³-hybridized carbons (Fsp3) is 0.188. The SMILES string of the molecule is NC(=O)c1ccc(S(=O)(=O)Oc2ccc3c(c2)CCC3)cc1. The lowest BCUT2D eigenvalue weighted by atomic mass is 10.1. The van der Waals surface area contributed by atoms with Crippen molar-refractivity contribution in [1.29, 1.82) is 0 Å². The van der Waals surface area contributed by atoms with E-state index in [1.165, 1.54) is 29.8 Å². The van der Waals surface area contributed by atoms with Gasteiger partial charge >= 0.3 is 10.1 Å². The lowest BCUT2D eigenvalue weighted by Crippen LogP contribution is -2.13. The van der Waals surface area contributed by atoms with Crippen molar-refractivity contribution in [2.45, 2.75) is 24.2 Å². The van der Waals surface area contributed by atoms with Crippen LogP contribution in [0.2, 0.25) is 0 Å². The Morgan fingerprint density at radius 1 is 1.00 bits per heavy atom. The molecule has 0 atom stereocenters. The molecule has 0 aromatic heterocycles. The Balaban J connectivity index is 1.85. The van der Waals surface area contributed by atoms with Gasteiger partial charge in [0.25, 0.3) is 0 Å². The van der Waals surface area contributed by atoms with Crippen LogP contribution in [-0.4, -0.2) is 14.3 Å². The van der Waals surface area contributed by atoms with Gasteiger partial charge in [-0.3, -0.25) is 4.79 Å². The van der Waals surface area contributed by atoms with Crippen molar-refractivity contribution < 1.29 is 17.4 Å². The van der Waals surface area contributed by atoms with Crippen LogP contribution in [0.5, 0.6) is 5.75 Å². The number of primary amides is 1. The van der Waals surface area contributed by atoms with Crippen LogP contribution in [0.1, 0.15) is 27.9 Å². The predicted molar refractivity (Wildman–Crippen MR) is 81.2 cm³/mol. The minimum absolute atomic E-state index is 0.0157. The number of fused-ring (bicyclic) bond motifs is 1. The first-order valence-corrected chi connectivity index (χ1v) is 8.33. The van der Waals surface area contributed by atoms with Crippen LogP contribution >= 0.6 is 0 Å². The van der Waals surface area contributed by atoms with Crippen LogP contribution < -0.4 is 9.92 Å². The van der Waals surface area contributed by atoms with E-state index in [1.54, 1.807) is 12.1 Å². The maximum atomic E-state index is 12.2. The predicted octanol–water partition coefficient (Wildman–Crippen LogP) is 2.04. The van der Waals surface area contributed by atoms with Gasteiger partial charge in [0, 0.05) is 5.56 Å². The second kappa shape index (κ2) is 5.46. The molecule has 0 unspecified atom stereocenters. The Hall–Kier alpha value is -2.34. The highest BCUT2D eigenvalue weighted by Crippen LogP contribution is 2.27. The van der Waals surface area contributed by atoms with Crippen molar-refractivity contribution in [2.75, 3.05) is 0 Å². The maximum Gasteiger partial charge on any atom is 0.339 e. The van der Waals surface area contributed by atoms with E-state index in [-0.39, 0.29) is 10.5 Å². The molecule has 1 aliphatic rings. The minimum Gasteiger partial charge on any atom is -0.379 e. The molecule has 0 spiro atoms. The molecule has 0 heterocycles. The van der Waals surface area contributed by atoms with Crippen molar-refractivity contribution in [3.05, 3.63) is 59.2 Å². The standard InChI is InChI=1S/C16H15NO4S/c17-16(18)12-5-8-15(9-6-12)22(19,20)21-14-7-4-11-2-1-3-13(11)10-14/h4-10H,1-3H2,(H2,17,18). The van der Waals surface area contributed by atoms with Crippen molar-refractivity contribution in [3.63, 3.8) is 0 Å². The summed E-state index contributed by atoms with van der Waals surface area (Å²) in [5, 5.41) is 0. The molecule has 0 radical (unpaired) electrons. The monoisotopic (exact) mass is 317 g/mol. The van der Waals surface area contributed by atoms with E-state index in [9.17, 15) is 13.2 Å². The first kappa shape index (κ1) is 14.6. The van der Waals surface area contributed by atoms with Crippen molar-refractivity contribution in [2.24, 2.45) is 5.73 Å². The fourth-order valence-electron chi connectivity index (χ4n) is 2.56. The number of nitrogens with two attached hydrogens (primary N) is 1. The minimum atomic E-state index is -3.93. The molecule has 1 amide bonds. The van der Waals surface area contributed by atoms with Crippen LogP contribution in [0, 0.1) is 0 Å². The van der Waals surface area contributed by atoms with Crippen molar-refractivity contribution >= 4 is 16.0 Å². The number of carbonyl (C=O) groups is 1. The van der Waals surface area contributed by atoms with E-state index >= 15 is 0 Å². The zero-order valence-electron chi connectivity index (χ0n) is 11.8. The molecule has 1 aliphatic carbocycles. The van der Waals surface area contributed by atoms with Gasteiger partial charge in [-0.1, -0.05) is 6.07 Å². The average molecular weight is 317 g/mol. The summed E-state index contributed by atoms with van der Waals surface area (Å²) in [7, 11) is -3.93. The first-order valence-electron chi connectivity index (χ1n) is 6.92. The van der Waals surface area contributed by atoms with Gasteiger partial charge in [-0.25, -0.2) is 0 Å². The van der Waals surface area contributed by atoms with Crippen LogP contribution in [-0.2, 0) is 23.0 Å². The van der Waals surface area contributed by atoms with Gasteiger partial charge in [0.2, 0.25) is 5.91 Å². The smallest absolute Gasteiger partial charge is 0.339 e. The fourth-order valence-corrected chi connectivity index (χ4v) is 3.48. The summed E-state index contributed by atoms with van der Waals surface area (Å²) in [5.41, 5.74) is 7.76. The number of rotatable bonds is 4. The van der Waals surface area contributed by atoms with Gasteiger partial charge in [-0.05, 0) is 66.8 Å². The summed E-state index contributed by atoms with van der Waals surface area (Å²) in [4.78, 5) is 11.0. The van der Waals surface area contributed by atoms with Gasteiger partial charge in [-0.2, -0.15) is 8.42 Å². The van der Waals surface area contributed by atoms with E-state index in [4.69, 9.17) is 9.92 Å². The van der Waals surface area contributed by atoms with Crippen molar-refractivity contribution in [3.8, 4) is 5.75 Å². The highest BCUT2D eigenvalue weighted by molar-refractivity contribution is 7.87. The number of hydrogen-bond donors (Lipinski definition) is 1. The molecule has 2 N–H and O–H groups in total. The third kappa shape index (κ3) is 2.82. The molecule has 114 valence electrons. The highest BCUT2D eigenvalue weighted by Gasteiger charge is 2.19. The Kier molecular flexibility index (Phi) is 3.62. The number of carbonyl (C=O) groups excluding carboxylic acids is 1. The summed E-state index contributed by atoms with van der Waals surface area (Å²) in [5.74, 6) is -0.303. The van der Waals surface area contributed by atoms with E-state index in [0.717, 1.165) is 24.8 Å². The second-order valence-electron chi connectivity index (χ2n) is 5.21. The highest BCUT2D eigenvalue weighted by atomic mass is 32.2. The van der Waals surface area contributed by atoms with Crippen LogP contribution in [0.25, 0.3) is 0 Å². The average Bonchev–Trinajstić information content (AvgIpc) is 2.94. The molecular weight excluding hydrogens is 302 g/mol. The summed E-state index contributed by atoms with van der Waals surface area (Å²) in [6.07, 6.45) is 3.05. The molecule has 3 rings (SSSR count). The molecule has 0 aliphatic heterocycles. The summed E-state index contributed by atoms with van der Waals surface area (Å²) in [6.45, 7) is 0. The third-order valence-electron chi connectivity index (χ3n) is 3.70. The van der Waals surface area contributed by atoms with Gasteiger partial charge in [0.05, 0.1) is 0 Å². The molecular formula is C16H15NO4S. The summed E-state index contributed by atoms with van der Waals surface area (Å²) >= 11 is 0. The number of aryl methyl sites for hydroxylation is 2. The zero-order valence-corrected chi connectivity index (χ0v) is 12.6. The van der Waals surface area contributed by atoms with Crippen LogP contribution in [0.4, 0.5) is 0 Å². The van der Waals surface area contributed by atoms with Crippen LogP contribution in [0.3, 0.4) is 0 Å². The second-order valence-corrected chi connectivity index (χ2v) is 6.76.